The second-order valence-corrected chi connectivity index (χ2v) is 7.12. The van der Waals surface area contributed by atoms with Gasteiger partial charge in [-0.1, -0.05) is 20.8 Å². The first kappa shape index (κ1) is 16.1. The number of nitrogens with one attached hydrogen (secondary N) is 1. The van der Waals surface area contributed by atoms with E-state index in [1.54, 1.807) is 11.3 Å². The normalized spacial score (nSPS) is 14.6. The first-order valence-corrected chi connectivity index (χ1v) is 9.11. The van der Waals surface area contributed by atoms with Crippen molar-refractivity contribution in [1.29, 1.82) is 0 Å². The molecule has 1 nitrogen and oxygen atoms in total. The Hall–Kier alpha value is 0.01000. The van der Waals surface area contributed by atoms with E-state index in [9.17, 15) is 0 Å². The van der Waals surface area contributed by atoms with E-state index < -0.39 is 0 Å². The Kier molecular flexibility index (Phi) is 8.82. The van der Waals surface area contributed by atoms with Crippen molar-refractivity contribution in [3.8, 4) is 0 Å². The van der Waals surface area contributed by atoms with Crippen molar-refractivity contribution in [3.63, 3.8) is 0 Å². The second kappa shape index (κ2) is 9.88. The van der Waals surface area contributed by atoms with Crippen molar-refractivity contribution < 1.29 is 0 Å². The highest BCUT2D eigenvalue weighted by molar-refractivity contribution is 7.99. The third kappa shape index (κ3) is 6.81. The number of rotatable bonds is 10. The predicted molar refractivity (Wildman–Crippen MR) is 86.9 cm³/mol. The van der Waals surface area contributed by atoms with Gasteiger partial charge < -0.3 is 5.32 Å². The average Bonchev–Trinajstić information content (AvgIpc) is 2.90. The van der Waals surface area contributed by atoms with E-state index in [0.29, 0.717) is 6.04 Å². The topological polar surface area (TPSA) is 12.0 Å². The molecule has 104 valence electrons. The Morgan fingerprint density at radius 3 is 2.83 bits per heavy atom. The second-order valence-electron chi connectivity index (χ2n) is 4.87. The molecule has 1 N–H and O–H groups in total. The van der Waals surface area contributed by atoms with Gasteiger partial charge in [0.15, 0.2) is 0 Å². The molecule has 1 aromatic heterocycles. The molecule has 0 radical (unpaired) electrons. The largest absolute Gasteiger partial charge is 0.313 e. The molecular weight excluding hydrogens is 258 g/mol. The van der Waals surface area contributed by atoms with Crippen molar-refractivity contribution in [3.05, 3.63) is 22.4 Å². The Labute approximate surface area is 121 Å². The maximum Gasteiger partial charge on any atom is 0.0161 e. The number of hydrogen-bond acceptors (Lipinski definition) is 3. The van der Waals surface area contributed by atoms with Crippen molar-refractivity contribution >= 4 is 23.1 Å². The minimum absolute atomic E-state index is 0.670. The summed E-state index contributed by atoms with van der Waals surface area (Å²) >= 11 is 3.92. The molecule has 1 rings (SSSR count). The zero-order valence-electron chi connectivity index (χ0n) is 11.9. The highest BCUT2D eigenvalue weighted by Gasteiger charge is 2.10. The average molecular weight is 286 g/mol. The maximum atomic E-state index is 3.69. The Morgan fingerprint density at radius 2 is 2.22 bits per heavy atom. The molecule has 0 fully saturated rings. The van der Waals surface area contributed by atoms with Crippen molar-refractivity contribution in [2.75, 3.05) is 12.3 Å². The van der Waals surface area contributed by atoms with Crippen LogP contribution in [-0.4, -0.2) is 23.6 Å². The Balaban J connectivity index is 2.29. The van der Waals surface area contributed by atoms with Gasteiger partial charge in [-0.2, -0.15) is 23.1 Å². The van der Waals surface area contributed by atoms with Crippen LogP contribution in [0.2, 0.25) is 0 Å². The molecule has 0 amide bonds. The van der Waals surface area contributed by atoms with E-state index in [4.69, 9.17) is 0 Å². The summed E-state index contributed by atoms with van der Waals surface area (Å²) in [4.78, 5) is 0. The number of aryl methyl sites for hydroxylation is 1. The molecule has 3 heteroatoms. The first-order valence-electron chi connectivity index (χ1n) is 7.12. The van der Waals surface area contributed by atoms with Crippen LogP contribution in [0, 0.1) is 0 Å². The van der Waals surface area contributed by atoms with E-state index in [-0.39, 0.29) is 0 Å². The van der Waals surface area contributed by atoms with Crippen molar-refractivity contribution in [2.24, 2.45) is 0 Å². The van der Waals surface area contributed by atoms with Gasteiger partial charge in [-0.05, 0) is 54.6 Å². The number of thioether (sulfide) groups is 1. The lowest BCUT2D eigenvalue weighted by Crippen LogP contribution is -2.33. The van der Waals surface area contributed by atoms with Gasteiger partial charge in [0.2, 0.25) is 0 Å². The molecule has 0 aliphatic carbocycles. The fraction of sp³-hybridized carbons (Fsp3) is 0.733. The molecule has 0 aliphatic rings. The molecule has 0 aliphatic heterocycles. The third-order valence-corrected chi connectivity index (χ3v) is 5.43. The molecular formula is C15H27NS2. The molecule has 1 heterocycles. The van der Waals surface area contributed by atoms with E-state index in [2.05, 4.69) is 54.7 Å². The van der Waals surface area contributed by atoms with Gasteiger partial charge >= 0.3 is 0 Å². The van der Waals surface area contributed by atoms with E-state index in [0.717, 1.165) is 11.8 Å². The summed E-state index contributed by atoms with van der Waals surface area (Å²) in [6, 6.07) is 2.92. The molecule has 2 unspecified atom stereocenters. The van der Waals surface area contributed by atoms with Crippen LogP contribution in [0.4, 0.5) is 0 Å². The quantitative estimate of drug-likeness (QED) is 0.675. The highest BCUT2D eigenvalue weighted by Crippen LogP contribution is 2.17. The fourth-order valence-electron chi connectivity index (χ4n) is 1.77. The maximum absolute atomic E-state index is 3.69. The van der Waals surface area contributed by atoms with E-state index >= 15 is 0 Å². The van der Waals surface area contributed by atoms with Gasteiger partial charge in [0.05, 0.1) is 0 Å². The number of thiophene rings is 1. The molecule has 2 atom stereocenters. The molecule has 0 saturated carbocycles. The van der Waals surface area contributed by atoms with E-state index in [1.807, 2.05) is 0 Å². The lowest BCUT2D eigenvalue weighted by molar-refractivity contribution is 0.520. The van der Waals surface area contributed by atoms with Crippen LogP contribution in [0.3, 0.4) is 0 Å². The molecule has 1 aromatic rings. The van der Waals surface area contributed by atoms with Gasteiger partial charge in [-0.3, -0.25) is 0 Å². The van der Waals surface area contributed by atoms with Crippen LogP contribution >= 0.6 is 23.1 Å². The van der Waals surface area contributed by atoms with Crippen LogP contribution in [-0.2, 0) is 6.42 Å². The van der Waals surface area contributed by atoms with Crippen molar-refractivity contribution in [1.82, 2.24) is 5.32 Å². The van der Waals surface area contributed by atoms with Crippen LogP contribution in [0.1, 0.15) is 45.6 Å². The summed E-state index contributed by atoms with van der Waals surface area (Å²) in [5.74, 6) is 1.25. The summed E-state index contributed by atoms with van der Waals surface area (Å²) in [6.45, 7) is 8.00. The monoisotopic (exact) mass is 285 g/mol. The van der Waals surface area contributed by atoms with Gasteiger partial charge in [-0.25, -0.2) is 0 Å². The van der Waals surface area contributed by atoms with Crippen molar-refractivity contribution in [2.45, 2.75) is 57.7 Å². The Bertz CT molecular complexity index is 285. The van der Waals surface area contributed by atoms with Gasteiger partial charge in [-0.15, -0.1) is 0 Å². The minimum Gasteiger partial charge on any atom is -0.313 e. The summed E-state index contributed by atoms with van der Waals surface area (Å²) in [7, 11) is 0. The van der Waals surface area contributed by atoms with Gasteiger partial charge in [0.1, 0.15) is 0 Å². The minimum atomic E-state index is 0.670. The summed E-state index contributed by atoms with van der Waals surface area (Å²) in [5.41, 5.74) is 1.50. The fourth-order valence-corrected chi connectivity index (χ4v) is 3.55. The van der Waals surface area contributed by atoms with Crippen LogP contribution in [0.15, 0.2) is 16.8 Å². The molecule has 0 spiro atoms. The van der Waals surface area contributed by atoms with Crippen LogP contribution < -0.4 is 5.32 Å². The molecule has 0 saturated heterocycles. The Morgan fingerprint density at radius 1 is 1.39 bits per heavy atom. The number of hydrogen-bond donors (Lipinski definition) is 1. The standard InChI is InChI=1S/C15H27NS2/c1-4-9-16-15(12-18-13(3)5-2)7-6-14-8-10-17-11-14/h8,10-11,13,15-16H,4-7,9,12H2,1-3H3. The molecule has 18 heavy (non-hydrogen) atoms. The summed E-state index contributed by atoms with van der Waals surface area (Å²) in [5, 5.41) is 8.94. The van der Waals surface area contributed by atoms with Crippen LogP contribution in [0.25, 0.3) is 0 Å². The molecule has 0 bridgehead atoms. The first-order chi connectivity index (χ1) is 8.76. The van der Waals surface area contributed by atoms with Crippen LogP contribution in [0.5, 0.6) is 0 Å². The predicted octanol–water partition coefficient (Wildman–Crippen LogP) is 4.58. The summed E-state index contributed by atoms with van der Waals surface area (Å²) in [6.07, 6.45) is 4.98. The van der Waals surface area contributed by atoms with Gasteiger partial charge in [0.25, 0.3) is 0 Å². The zero-order valence-corrected chi connectivity index (χ0v) is 13.6. The van der Waals surface area contributed by atoms with Gasteiger partial charge in [0, 0.05) is 17.0 Å². The summed E-state index contributed by atoms with van der Waals surface area (Å²) < 4.78 is 0. The molecule has 0 aromatic carbocycles. The lowest BCUT2D eigenvalue weighted by Gasteiger charge is -2.19. The lowest BCUT2D eigenvalue weighted by atomic mass is 10.1. The SMILES string of the molecule is CCCNC(CCc1ccsc1)CSC(C)CC. The smallest absolute Gasteiger partial charge is 0.0161 e. The third-order valence-electron chi connectivity index (χ3n) is 3.20. The zero-order chi connectivity index (χ0) is 13.2. The van der Waals surface area contributed by atoms with E-state index in [1.165, 1.54) is 37.0 Å². The highest BCUT2D eigenvalue weighted by atomic mass is 32.2.